The summed E-state index contributed by atoms with van der Waals surface area (Å²) in [4.78, 5) is 8.03. The van der Waals surface area contributed by atoms with Gasteiger partial charge >= 0.3 is 0 Å². The molecule has 4 nitrogen and oxygen atoms in total. The van der Waals surface area contributed by atoms with Gasteiger partial charge in [0.1, 0.15) is 17.3 Å². The predicted octanol–water partition coefficient (Wildman–Crippen LogP) is 6.07. The van der Waals surface area contributed by atoms with Crippen molar-refractivity contribution in [2.24, 2.45) is 0 Å². The van der Waals surface area contributed by atoms with Crippen LogP contribution in [0.3, 0.4) is 0 Å². The lowest BCUT2D eigenvalue weighted by molar-refractivity contribution is 0.627. The first-order chi connectivity index (χ1) is 14.7. The van der Waals surface area contributed by atoms with E-state index in [9.17, 15) is 8.78 Å². The van der Waals surface area contributed by atoms with Gasteiger partial charge in [-0.25, -0.2) is 13.8 Å². The van der Waals surface area contributed by atoms with E-state index in [-0.39, 0.29) is 11.6 Å². The van der Waals surface area contributed by atoms with Gasteiger partial charge < -0.3 is 4.98 Å². The number of nitrogens with one attached hydrogen (secondary N) is 2. The SMILES string of the molecule is Fc1cccc(/C=C/c2c[nH]nc2-c2nc3c(-c4cccc(F)c4)cccc3[nH]2)c1. The molecule has 0 aliphatic rings. The molecule has 3 aromatic carbocycles. The zero-order valence-corrected chi connectivity index (χ0v) is 15.7. The number of fused-ring (bicyclic) bond motifs is 1. The molecule has 0 fully saturated rings. The number of benzene rings is 3. The van der Waals surface area contributed by atoms with E-state index in [1.54, 1.807) is 18.3 Å². The lowest BCUT2D eigenvalue weighted by atomic mass is 10.0. The van der Waals surface area contributed by atoms with Crippen molar-refractivity contribution in [3.8, 4) is 22.6 Å². The minimum atomic E-state index is -0.294. The Morgan fingerprint density at radius 2 is 1.63 bits per heavy atom. The molecular formula is C24H16F2N4. The van der Waals surface area contributed by atoms with Crippen LogP contribution in [0.5, 0.6) is 0 Å². The topological polar surface area (TPSA) is 57.4 Å². The van der Waals surface area contributed by atoms with Crippen molar-refractivity contribution in [2.45, 2.75) is 0 Å². The maximum atomic E-state index is 13.7. The molecule has 0 bridgehead atoms. The summed E-state index contributed by atoms with van der Waals surface area (Å²) in [6, 6.07) is 18.5. The quantitative estimate of drug-likeness (QED) is 0.386. The predicted molar refractivity (Wildman–Crippen MR) is 114 cm³/mol. The highest BCUT2D eigenvalue weighted by Gasteiger charge is 2.14. The Labute approximate surface area is 170 Å². The number of rotatable bonds is 4. The van der Waals surface area contributed by atoms with Crippen LogP contribution in [0.4, 0.5) is 8.78 Å². The molecule has 2 heterocycles. The molecule has 0 amide bonds. The number of H-pyrrole nitrogens is 2. The molecule has 0 aliphatic carbocycles. The molecule has 5 aromatic rings. The van der Waals surface area contributed by atoms with Crippen molar-refractivity contribution in [3.63, 3.8) is 0 Å². The summed E-state index contributed by atoms with van der Waals surface area (Å²) in [5, 5.41) is 7.18. The van der Waals surface area contributed by atoms with Crippen molar-refractivity contribution < 1.29 is 8.78 Å². The zero-order valence-electron chi connectivity index (χ0n) is 15.7. The second kappa shape index (κ2) is 7.40. The first kappa shape index (κ1) is 18.0. The minimum Gasteiger partial charge on any atom is -0.337 e. The maximum absolute atomic E-state index is 13.7. The Kier molecular flexibility index (Phi) is 4.44. The van der Waals surface area contributed by atoms with Crippen molar-refractivity contribution in [1.29, 1.82) is 0 Å². The lowest BCUT2D eigenvalue weighted by Crippen LogP contribution is -1.84. The zero-order chi connectivity index (χ0) is 20.5. The second-order valence-corrected chi connectivity index (χ2v) is 6.88. The van der Waals surface area contributed by atoms with Gasteiger partial charge in [-0.2, -0.15) is 5.10 Å². The van der Waals surface area contributed by atoms with Crippen LogP contribution in [0.2, 0.25) is 0 Å². The summed E-state index contributed by atoms with van der Waals surface area (Å²) in [6.07, 6.45) is 5.43. The van der Waals surface area contributed by atoms with Gasteiger partial charge in [0.25, 0.3) is 0 Å². The standard InChI is InChI=1S/C24H16F2N4/c25-18-6-1-4-15(12-18)10-11-17-14-27-30-22(17)24-28-21-9-3-8-20(23(21)29-24)16-5-2-7-19(26)13-16/h1-14H,(H,27,30)(H,28,29)/b11-10+. The van der Waals surface area contributed by atoms with Gasteiger partial charge in [-0.15, -0.1) is 0 Å². The normalized spacial score (nSPS) is 11.5. The van der Waals surface area contributed by atoms with Gasteiger partial charge in [-0.3, -0.25) is 5.10 Å². The maximum Gasteiger partial charge on any atom is 0.159 e. The highest BCUT2D eigenvalue weighted by Crippen LogP contribution is 2.30. The molecule has 0 aliphatic heterocycles. The van der Waals surface area contributed by atoms with E-state index in [1.165, 1.54) is 24.3 Å². The average molecular weight is 398 g/mol. The fourth-order valence-electron chi connectivity index (χ4n) is 3.45. The van der Waals surface area contributed by atoms with E-state index in [2.05, 4.69) is 15.2 Å². The van der Waals surface area contributed by atoms with Gasteiger partial charge in [-0.1, -0.05) is 48.6 Å². The van der Waals surface area contributed by atoms with Crippen molar-refractivity contribution in [3.05, 3.63) is 95.7 Å². The van der Waals surface area contributed by atoms with Crippen LogP contribution in [-0.2, 0) is 0 Å². The van der Waals surface area contributed by atoms with Gasteiger partial charge in [0, 0.05) is 17.3 Å². The second-order valence-electron chi connectivity index (χ2n) is 6.88. The number of para-hydroxylation sites is 1. The average Bonchev–Trinajstić information content (AvgIpc) is 3.38. The Balaban J connectivity index is 1.55. The molecule has 6 heteroatoms. The Hall–Kier alpha value is -4.06. The number of imidazole rings is 1. The molecule has 146 valence electrons. The van der Waals surface area contributed by atoms with E-state index in [0.717, 1.165) is 33.3 Å². The molecular weight excluding hydrogens is 382 g/mol. The first-order valence-electron chi connectivity index (χ1n) is 9.40. The number of hydrogen-bond acceptors (Lipinski definition) is 2. The van der Waals surface area contributed by atoms with Gasteiger partial charge in [0.2, 0.25) is 0 Å². The van der Waals surface area contributed by atoms with Gasteiger partial charge in [0.15, 0.2) is 5.82 Å². The summed E-state index contributed by atoms with van der Waals surface area (Å²) < 4.78 is 27.1. The summed E-state index contributed by atoms with van der Waals surface area (Å²) in [5.41, 5.74) is 5.36. The molecule has 0 atom stereocenters. The van der Waals surface area contributed by atoms with E-state index < -0.39 is 0 Å². The van der Waals surface area contributed by atoms with E-state index in [1.807, 2.05) is 42.5 Å². The molecule has 0 radical (unpaired) electrons. The molecule has 0 unspecified atom stereocenters. The molecule has 5 rings (SSSR count). The van der Waals surface area contributed by atoms with Crippen LogP contribution >= 0.6 is 0 Å². The van der Waals surface area contributed by atoms with E-state index in [0.29, 0.717) is 11.5 Å². The summed E-state index contributed by atoms with van der Waals surface area (Å²) >= 11 is 0. The Morgan fingerprint density at radius 1 is 0.833 bits per heavy atom. The van der Waals surface area contributed by atoms with E-state index in [4.69, 9.17) is 4.98 Å². The fraction of sp³-hybridized carbons (Fsp3) is 0. The van der Waals surface area contributed by atoms with Gasteiger partial charge in [-0.05, 0) is 41.5 Å². The minimum absolute atomic E-state index is 0.285. The van der Waals surface area contributed by atoms with Crippen LogP contribution in [0.25, 0.3) is 45.8 Å². The van der Waals surface area contributed by atoms with Gasteiger partial charge in [0.05, 0.1) is 11.0 Å². The molecule has 0 saturated carbocycles. The number of aromatic amines is 2. The molecule has 2 aromatic heterocycles. The van der Waals surface area contributed by atoms with Crippen molar-refractivity contribution in [2.75, 3.05) is 0 Å². The van der Waals surface area contributed by atoms with Crippen LogP contribution < -0.4 is 0 Å². The summed E-state index contributed by atoms with van der Waals surface area (Å²) in [6.45, 7) is 0. The third-order valence-corrected chi connectivity index (χ3v) is 4.85. The summed E-state index contributed by atoms with van der Waals surface area (Å²) in [5.74, 6) is 0.0121. The number of halogens is 2. The third-order valence-electron chi connectivity index (χ3n) is 4.85. The highest BCUT2D eigenvalue weighted by atomic mass is 19.1. The Morgan fingerprint density at radius 3 is 2.47 bits per heavy atom. The molecule has 0 spiro atoms. The lowest BCUT2D eigenvalue weighted by Gasteiger charge is -2.02. The van der Waals surface area contributed by atoms with Crippen LogP contribution in [-0.4, -0.2) is 20.2 Å². The number of hydrogen-bond donors (Lipinski definition) is 2. The monoisotopic (exact) mass is 398 g/mol. The Bertz CT molecular complexity index is 1380. The smallest absolute Gasteiger partial charge is 0.159 e. The first-order valence-corrected chi connectivity index (χ1v) is 9.40. The fourth-order valence-corrected chi connectivity index (χ4v) is 3.45. The van der Waals surface area contributed by atoms with E-state index >= 15 is 0 Å². The van der Waals surface area contributed by atoms with Crippen LogP contribution in [0.15, 0.2) is 72.9 Å². The van der Waals surface area contributed by atoms with Crippen molar-refractivity contribution in [1.82, 2.24) is 20.2 Å². The van der Waals surface area contributed by atoms with Crippen LogP contribution in [0, 0.1) is 11.6 Å². The highest BCUT2D eigenvalue weighted by molar-refractivity contribution is 5.94. The molecule has 0 saturated heterocycles. The summed E-state index contributed by atoms with van der Waals surface area (Å²) in [7, 11) is 0. The largest absolute Gasteiger partial charge is 0.337 e. The number of aromatic nitrogens is 4. The number of nitrogens with zero attached hydrogens (tertiary/aromatic N) is 2. The molecule has 2 N–H and O–H groups in total. The third kappa shape index (κ3) is 3.39. The molecule has 30 heavy (non-hydrogen) atoms. The van der Waals surface area contributed by atoms with Crippen LogP contribution in [0.1, 0.15) is 11.1 Å². The van der Waals surface area contributed by atoms with Crippen molar-refractivity contribution >= 4 is 23.2 Å².